The molecule has 0 unspecified atom stereocenters. The number of aryl methyl sites for hydroxylation is 2. The van der Waals surface area contributed by atoms with Gasteiger partial charge in [-0.1, -0.05) is 90.7 Å². The van der Waals surface area contributed by atoms with Crippen molar-refractivity contribution in [3.05, 3.63) is 124 Å². The van der Waals surface area contributed by atoms with Crippen LogP contribution < -0.4 is 14.4 Å². The maximum atomic E-state index is 14.7. The summed E-state index contributed by atoms with van der Waals surface area (Å²) in [5.41, 5.74) is 4.05. The lowest BCUT2D eigenvalue weighted by atomic mass is 10.0. The van der Waals surface area contributed by atoms with Crippen molar-refractivity contribution < 1.29 is 22.7 Å². The third-order valence-corrected chi connectivity index (χ3v) is 11.1. The molecule has 252 valence electrons. The quantitative estimate of drug-likeness (QED) is 0.160. The number of methoxy groups -OCH3 is 1. The van der Waals surface area contributed by atoms with E-state index in [1.54, 1.807) is 23.1 Å². The molecule has 1 fully saturated rings. The summed E-state index contributed by atoms with van der Waals surface area (Å²) in [5, 5.41) is 3.21. The Kier molecular flexibility index (Phi) is 11.6. The largest absolute Gasteiger partial charge is 0.496 e. The topological polar surface area (TPSA) is 96.0 Å². The number of rotatable bonds is 13. The number of nitrogens with zero attached hydrogens (tertiary/aromatic N) is 2. The number of ether oxygens (including phenoxy) is 1. The summed E-state index contributed by atoms with van der Waals surface area (Å²) in [6.45, 7) is 3.51. The Hall–Kier alpha value is -4.15. The molecule has 4 aromatic rings. The highest BCUT2D eigenvalue weighted by Crippen LogP contribution is 2.31. The molecule has 0 heterocycles. The van der Waals surface area contributed by atoms with Crippen LogP contribution in [-0.4, -0.2) is 50.9 Å². The third-order valence-electron chi connectivity index (χ3n) is 8.72. The summed E-state index contributed by atoms with van der Waals surface area (Å²) in [7, 11) is -2.74. The number of halogens is 1. The van der Waals surface area contributed by atoms with E-state index in [1.165, 1.54) is 19.2 Å². The Morgan fingerprint density at radius 1 is 0.875 bits per heavy atom. The van der Waals surface area contributed by atoms with Gasteiger partial charge in [0.1, 0.15) is 18.3 Å². The second-order valence-electron chi connectivity index (χ2n) is 12.3. The first-order valence-corrected chi connectivity index (χ1v) is 18.4. The Morgan fingerprint density at radius 2 is 1.56 bits per heavy atom. The zero-order valence-electron chi connectivity index (χ0n) is 27.6. The highest BCUT2D eigenvalue weighted by molar-refractivity contribution is 9.10. The van der Waals surface area contributed by atoms with E-state index in [-0.39, 0.29) is 29.8 Å². The van der Waals surface area contributed by atoms with Gasteiger partial charge in [0.05, 0.1) is 22.2 Å². The number of benzene rings is 4. The Bertz CT molecular complexity index is 1830. The van der Waals surface area contributed by atoms with Crippen molar-refractivity contribution in [2.45, 2.75) is 69.5 Å². The monoisotopic (exact) mass is 731 g/mol. The van der Waals surface area contributed by atoms with Gasteiger partial charge < -0.3 is 15.0 Å². The maximum Gasteiger partial charge on any atom is 0.264 e. The number of carbonyl (C=O) groups is 2. The van der Waals surface area contributed by atoms with Crippen LogP contribution in [0.5, 0.6) is 5.75 Å². The van der Waals surface area contributed by atoms with Gasteiger partial charge in [-0.05, 0) is 84.1 Å². The van der Waals surface area contributed by atoms with Crippen LogP contribution >= 0.6 is 15.9 Å². The predicted octanol–water partition coefficient (Wildman–Crippen LogP) is 6.97. The molecule has 48 heavy (non-hydrogen) atoms. The van der Waals surface area contributed by atoms with Gasteiger partial charge in [0.2, 0.25) is 11.8 Å². The first-order chi connectivity index (χ1) is 23.0. The van der Waals surface area contributed by atoms with Crippen LogP contribution in [0, 0.1) is 13.8 Å². The number of carbonyl (C=O) groups excluding carboxylic acids is 2. The maximum absolute atomic E-state index is 14.7. The van der Waals surface area contributed by atoms with Crippen molar-refractivity contribution in [3.8, 4) is 5.75 Å². The summed E-state index contributed by atoms with van der Waals surface area (Å²) < 4.78 is 35.7. The molecule has 1 aliphatic carbocycles. The van der Waals surface area contributed by atoms with Crippen LogP contribution in [0.4, 0.5) is 5.69 Å². The molecule has 0 saturated heterocycles. The Labute approximate surface area is 292 Å². The average Bonchev–Trinajstić information content (AvgIpc) is 3.59. The van der Waals surface area contributed by atoms with Gasteiger partial charge in [0, 0.05) is 19.0 Å². The molecular weight excluding hydrogens is 690 g/mol. The van der Waals surface area contributed by atoms with E-state index in [1.807, 2.05) is 80.6 Å². The molecule has 0 radical (unpaired) electrons. The van der Waals surface area contributed by atoms with Crippen molar-refractivity contribution in [1.82, 2.24) is 10.2 Å². The fourth-order valence-corrected chi connectivity index (χ4v) is 8.24. The zero-order valence-corrected chi connectivity index (χ0v) is 30.0. The Morgan fingerprint density at radius 3 is 2.21 bits per heavy atom. The van der Waals surface area contributed by atoms with Crippen molar-refractivity contribution in [3.63, 3.8) is 0 Å². The molecule has 0 spiro atoms. The molecule has 1 saturated carbocycles. The minimum atomic E-state index is -4.25. The van der Waals surface area contributed by atoms with Crippen molar-refractivity contribution in [2.75, 3.05) is 18.0 Å². The highest BCUT2D eigenvalue weighted by atomic mass is 79.9. The highest BCUT2D eigenvalue weighted by Gasteiger charge is 2.35. The van der Waals surface area contributed by atoms with E-state index >= 15 is 0 Å². The fraction of sp³-hybridized carbons (Fsp3) is 0.316. The van der Waals surface area contributed by atoms with Crippen molar-refractivity contribution >= 4 is 43.5 Å². The molecule has 1 aliphatic rings. The van der Waals surface area contributed by atoms with E-state index in [4.69, 9.17) is 4.74 Å². The van der Waals surface area contributed by atoms with E-state index in [0.717, 1.165) is 52.2 Å². The minimum Gasteiger partial charge on any atom is -0.496 e. The molecule has 4 aromatic carbocycles. The fourth-order valence-electron chi connectivity index (χ4n) is 6.10. The van der Waals surface area contributed by atoms with Gasteiger partial charge >= 0.3 is 0 Å². The van der Waals surface area contributed by atoms with Gasteiger partial charge in [-0.2, -0.15) is 0 Å². The van der Waals surface area contributed by atoms with Crippen LogP contribution in [0.25, 0.3) is 0 Å². The van der Waals surface area contributed by atoms with E-state index < -0.39 is 28.5 Å². The van der Waals surface area contributed by atoms with Gasteiger partial charge in [-0.25, -0.2) is 8.42 Å². The molecule has 2 amide bonds. The molecule has 0 aliphatic heterocycles. The standard InChI is InChI=1S/C38H42BrN3O5S/c1-27-16-18-32(19-17-27)42(48(45,46)33-20-21-36(47-3)34(39)24-33)26-37(43)41(25-30-13-9-10-28(2)22-30)35(23-29-11-5-4-6-12-29)38(44)40-31-14-7-8-15-31/h4-6,9-13,16-22,24,31,35H,7-8,14-15,23,25-26H2,1-3H3,(H,40,44)/t35-/m1/s1. The number of nitrogens with one attached hydrogen (secondary N) is 1. The number of hydrogen-bond donors (Lipinski definition) is 1. The second kappa shape index (κ2) is 15.8. The van der Waals surface area contributed by atoms with Crippen LogP contribution in [0.2, 0.25) is 0 Å². The van der Waals surface area contributed by atoms with Crippen LogP contribution in [0.3, 0.4) is 0 Å². The molecule has 5 rings (SSSR count). The number of hydrogen-bond acceptors (Lipinski definition) is 5. The molecule has 0 bridgehead atoms. The lowest BCUT2D eigenvalue weighted by molar-refractivity contribution is -0.140. The van der Waals surface area contributed by atoms with Gasteiger partial charge in [-0.15, -0.1) is 0 Å². The molecular formula is C38H42BrN3O5S. The van der Waals surface area contributed by atoms with Gasteiger partial charge in [-0.3, -0.25) is 13.9 Å². The number of anilines is 1. The lowest BCUT2D eigenvalue weighted by Gasteiger charge is -2.34. The number of amides is 2. The smallest absolute Gasteiger partial charge is 0.264 e. The first-order valence-electron chi connectivity index (χ1n) is 16.2. The molecule has 0 aromatic heterocycles. The lowest BCUT2D eigenvalue weighted by Crippen LogP contribution is -2.54. The SMILES string of the molecule is COc1ccc(S(=O)(=O)N(CC(=O)N(Cc2cccc(C)c2)[C@H](Cc2ccccc2)C(=O)NC2CCCC2)c2ccc(C)cc2)cc1Br. The summed E-state index contributed by atoms with van der Waals surface area (Å²) in [4.78, 5) is 30.4. The first kappa shape index (κ1) is 35.2. The van der Waals surface area contributed by atoms with Crippen molar-refractivity contribution in [2.24, 2.45) is 0 Å². The molecule has 1 N–H and O–H groups in total. The molecule has 8 nitrogen and oxygen atoms in total. The van der Waals surface area contributed by atoms with Gasteiger partial charge in [0.25, 0.3) is 10.0 Å². The van der Waals surface area contributed by atoms with E-state index in [9.17, 15) is 18.0 Å². The zero-order chi connectivity index (χ0) is 34.3. The van der Waals surface area contributed by atoms with Crippen molar-refractivity contribution in [1.29, 1.82) is 0 Å². The normalized spacial score (nSPS) is 13.9. The summed E-state index contributed by atoms with van der Waals surface area (Å²) in [6.07, 6.45) is 4.16. The summed E-state index contributed by atoms with van der Waals surface area (Å²) in [5.74, 6) is -0.250. The number of sulfonamides is 1. The molecule has 1 atom stereocenters. The van der Waals surface area contributed by atoms with E-state index in [0.29, 0.717) is 15.9 Å². The predicted molar refractivity (Wildman–Crippen MR) is 192 cm³/mol. The minimum absolute atomic E-state index is 0.00593. The summed E-state index contributed by atoms with van der Waals surface area (Å²) >= 11 is 3.41. The molecule has 10 heteroatoms. The van der Waals surface area contributed by atoms with Crippen LogP contribution in [0.1, 0.15) is 47.9 Å². The average molecular weight is 733 g/mol. The summed E-state index contributed by atoms with van der Waals surface area (Å²) in [6, 6.07) is 28.1. The van der Waals surface area contributed by atoms with E-state index in [2.05, 4.69) is 21.2 Å². The third kappa shape index (κ3) is 8.65. The van der Waals surface area contributed by atoms with Crippen LogP contribution in [0.15, 0.2) is 106 Å². The van der Waals surface area contributed by atoms with Crippen LogP contribution in [-0.2, 0) is 32.6 Å². The Balaban J connectivity index is 1.57. The van der Waals surface area contributed by atoms with Gasteiger partial charge in [0.15, 0.2) is 0 Å². The second-order valence-corrected chi connectivity index (χ2v) is 15.1.